The van der Waals surface area contributed by atoms with Gasteiger partial charge in [-0.25, -0.2) is 4.98 Å². The van der Waals surface area contributed by atoms with Crippen molar-refractivity contribution in [1.82, 2.24) is 4.98 Å². The van der Waals surface area contributed by atoms with Crippen LogP contribution < -0.4 is 9.80 Å². The molecule has 0 aliphatic heterocycles. The number of thioether (sulfide) groups is 1. The van der Waals surface area contributed by atoms with Gasteiger partial charge in [0.2, 0.25) is 0 Å². The second-order valence-electron chi connectivity index (χ2n) is 6.11. The Bertz CT molecular complexity index is 843. The van der Waals surface area contributed by atoms with Gasteiger partial charge in [-0.15, -0.1) is 11.8 Å². The minimum Gasteiger partial charge on any atom is -0.338 e. The first-order valence-electron chi connectivity index (χ1n) is 8.19. The van der Waals surface area contributed by atoms with Crippen LogP contribution >= 0.6 is 23.1 Å². The van der Waals surface area contributed by atoms with Crippen LogP contribution in [0.25, 0.3) is 10.2 Å². The number of para-hydroxylation sites is 1. The molecule has 1 heterocycles. The second kappa shape index (κ2) is 7.99. The highest BCUT2D eigenvalue weighted by molar-refractivity contribution is 7.98. The Hall–Kier alpha value is -1.89. The number of rotatable bonds is 6. The Labute approximate surface area is 156 Å². The van der Waals surface area contributed by atoms with Gasteiger partial charge in [0.25, 0.3) is 5.91 Å². The van der Waals surface area contributed by atoms with Crippen molar-refractivity contribution in [2.75, 3.05) is 38.3 Å². The number of fused-ring (bicyclic) bond motifs is 1. The molecule has 0 unspecified atom stereocenters. The molecule has 3 aromatic rings. The van der Waals surface area contributed by atoms with Gasteiger partial charge in [-0.05, 0) is 36.6 Å². The van der Waals surface area contributed by atoms with Crippen LogP contribution in [0.2, 0.25) is 0 Å². The molecule has 0 spiro atoms. The average Bonchev–Trinajstić information content (AvgIpc) is 3.05. The molecule has 0 radical (unpaired) electrons. The number of aromatic nitrogens is 1. The average molecular weight is 373 g/mol. The topological polar surface area (TPSA) is 37.6 Å². The summed E-state index contributed by atoms with van der Waals surface area (Å²) in [4.78, 5) is 22.1. The number of nitrogens with zero attached hydrogens (tertiary/aromatic N) is 2. The Balaban J connectivity index is 1.96. The summed E-state index contributed by atoms with van der Waals surface area (Å²) in [5, 5.41) is 0.766. The smallest absolute Gasteiger partial charge is 0.260 e. The van der Waals surface area contributed by atoms with Gasteiger partial charge < -0.3 is 4.90 Å². The lowest BCUT2D eigenvalue weighted by Gasteiger charge is -2.21. The second-order valence-corrected chi connectivity index (χ2v) is 8.00. The quantitative estimate of drug-likeness (QED) is 0.676. The summed E-state index contributed by atoms with van der Waals surface area (Å²) in [6.07, 6.45) is 2.02. The van der Waals surface area contributed by atoms with Crippen LogP contribution in [0, 0.1) is 0 Å². The molecule has 1 N–H and O–H groups in total. The number of benzene rings is 2. The largest absolute Gasteiger partial charge is 0.338 e. The van der Waals surface area contributed by atoms with Crippen LogP contribution in [0.15, 0.2) is 53.4 Å². The van der Waals surface area contributed by atoms with Crippen molar-refractivity contribution in [3.8, 4) is 0 Å². The summed E-state index contributed by atoms with van der Waals surface area (Å²) >= 11 is 3.21. The van der Waals surface area contributed by atoms with E-state index in [1.165, 1.54) is 4.90 Å². The SMILES string of the molecule is CSc1cccc(C(=O)N(CC[NH+](C)C)c2nc3ccccc3s2)c1. The van der Waals surface area contributed by atoms with Crippen molar-refractivity contribution >= 4 is 44.4 Å². The number of amides is 1. The van der Waals surface area contributed by atoms with E-state index in [0.29, 0.717) is 12.1 Å². The molecule has 0 saturated heterocycles. The van der Waals surface area contributed by atoms with Crippen molar-refractivity contribution in [2.24, 2.45) is 0 Å². The minimum absolute atomic E-state index is 0.0104. The Kier molecular flexibility index (Phi) is 5.73. The molecule has 6 heteroatoms. The molecule has 4 nitrogen and oxygen atoms in total. The lowest BCUT2D eigenvalue weighted by Crippen LogP contribution is -3.06. The van der Waals surface area contributed by atoms with Gasteiger partial charge in [0.05, 0.1) is 37.4 Å². The van der Waals surface area contributed by atoms with E-state index >= 15 is 0 Å². The lowest BCUT2D eigenvalue weighted by atomic mass is 10.2. The molecule has 25 heavy (non-hydrogen) atoms. The predicted molar refractivity (Wildman–Crippen MR) is 107 cm³/mol. The van der Waals surface area contributed by atoms with Crippen molar-refractivity contribution in [2.45, 2.75) is 4.90 Å². The molecule has 0 bridgehead atoms. The van der Waals surface area contributed by atoms with Gasteiger partial charge in [-0.3, -0.25) is 9.69 Å². The van der Waals surface area contributed by atoms with Crippen molar-refractivity contribution < 1.29 is 9.69 Å². The molecule has 0 aliphatic rings. The highest BCUT2D eigenvalue weighted by Gasteiger charge is 2.22. The monoisotopic (exact) mass is 372 g/mol. The zero-order chi connectivity index (χ0) is 17.8. The van der Waals surface area contributed by atoms with Crippen molar-refractivity contribution in [1.29, 1.82) is 0 Å². The maximum atomic E-state index is 13.2. The minimum atomic E-state index is 0.0104. The number of likely N-dealkylation sites (N-methyl/N-ethyl adjacent to an activating group) is 1. The normalized spacial score (nSPS) is 11.2. The zero-order valence-electron chi connectivity index (χ0n) is 14.7. The molecule has 0 fully saturated rings. The summed E-state index contributed by atoms with van der Waals surface area (Å²) in [7, 11) is 4.19. The summed E-state index contributed by atoms with van der Waals surface area (Å²) in [5.74, 6) is 0.0104. The van der Waals surface area contributed by atoms with Gasteiger partial charge in [0.1, 0.15) is 0 Å². The van der Waals surface area contributed by atoms with E-state index in [4.69, 9.17) is 0 Å². The zero-order valence-corrected chi connectivity index (χ0v) is 16.3. The Morgan fingerprint density at radius 3 is 2.72 bits per heavy atom. The van der Waals surface area contributed by atoms with Gasteiger partial charge in [-0.1, -0.05) is 29.5 Å². The molecule has 0 atom stereocenters. The fraction of sp³-hybridized carbons (Fsp3) is 0.263. The first-order chi connectivity index (χ1) is 12.1. The van der Waals surface area contributed by atoms with Crippen molar-refractivity contribution in [3.05, 3.63) is 54.1 Å². The fourth-order valence-corrected chi connectivity index (χ4v) is 3.96. The number of carbonyl (C=O) groups excluding carboxylic acids is 1. The van der Waals surface area contributed by atoms with Crippen LogP contribution in [0.3, 0.4) is 0 Å². The maximum absolute atomic E-state index is 13.2. The molecular weight excluding hydrogens is 350 g/mol. The summed E-state index contributed by atoms with van der Waals surface area (Å²) in [5.41, 5.74) is 1.65. The molecule has 1 amide bonds. The van der Waals surface area contributed by atoms with Crippen molar-refractivity contribution in [3.63, 3.8) is 0 Å². The van der Waals surface area contributed by atoms with Crippen LogP contribution in [-0.2, 0) is 0 Å². The first-order valence-corrected chi connectivity index (χ1v) is 10.2. The van der Waals surface area contributed by atoms with Gasteiger partial charge in [-0.2, -0.15) is 0 Å². The third kappa shape index (κ3) is 4.21. The standard InChI is InChI=1S/C19H21N3OS2/c1-21(2)11-12-22(18(23)14-7-6-8-15(13-14)24-3)19-20-16-9-4-5-10-17(16)25-19/h4-10,13H,11-12H2,1-3H3/p+1. The number of hydrogen-bond donors (Lipinski definition) is 1. The number of anilines is 1. The van der Waals surface area contributed by atoms with Gasteiger partial charge in [0, 0.05) is 10.5 Å². The molecule has 1 aromatic heterocycles. The fourth-order valence-electron chi connectivity index (χ4n) is 2.51. The molecule has 0 saturated carbocycles. The summed E-state index contributed by atoms with van der Waals surface area (Å²) < 4.78 is 1.10. The highest BCUT2D eigenvalue weighted by atomic mass is 32.2. The number of hydrogen-bond acceptors (Lipinski definition) is 4. The van der Waals surface area contributed by atoms with E-state index in [0.717, 1.165) is 26.8 Å². The number of nitrogens with one attached hydrogen (secondary N) is 1. The van der Waals surface area contributed by atoms with Gasteiger partial charge >= 0.3 is 0 Å². The maximum Gasteiger partial charge on any atom is 0.260 e. The Morgan fingerprint density at radius 1 is 1.20 bits per heavy atom. The molecular formula is C19H22N3OS2+. The number of carbonyl (C=O) groups is 1. The van der Waals surface area contributed by atoms with Crippen LogP contribution in [-0.4, -0.2) is 44.3 Å². The Morgan fingerprint density at radius 2 is 2.00 bits per heavy atom. The lowest BCUT2D eigenvalue weighted by molar-refractivity contribution is -0.856. The number of thiazole rings is 1. The van der Waals surface area contributed by atoms with E-state index in [1.54, 1.807) is 23.1 Å². The van der Waals surface area contributed by atoms with E-state index in [9.17, 15) is 4.79 Å². The van der Waals surface area contributed by atoms with Crippen LogP contribution in [0.5, 0.6) is 0 Å². The van der Waals surface area contributed by atoms with E-state index in [1.807, 2.05) is 59.7 Å². The molecule has 2 aromatic carbocycles. The number of quaternary nitrogens is 1. The summed E-state index contributed by atoms with van der Waals surface area (Å²) in [6.45, 7) is 1.51. The van der Waals surface area contributed by atoms with Crippen LogP contribution in [0.1, 0.15) is 10.4 Å². The van der Waals surface area contributed by atoms with E-state index in [-0.39, 0.29) is 5.91 Å². The third-order valence-corrected chi connectivity index (χ3v) is 5.70. The van der Waals surface area contributed by atoms with E-state index < -0.39 is 0 Å². The van der Waals surface area contributed by atoms with Gasteiger partial charge in [0.15, 0.2) is 5.13 Å². The predicted octanol–water partition coefficient (Wildman–Crippen LogP) is 2.81. The highest BCUT2D eigenvalue weighted by Crippen LogP contribution is 2.29. The van der Waals surface area contributed by atoms with E-state index in [2.05, 4.69) is 19.1 Å². The molecule has 3 rings (SSSR count). The third-order valence-electron chi connectivity index (χ3n) is 3.91. The first kappa shape index (κ1) is 17.9. The van der Waals surface area contributed by atoms with Crippen LogP contribution in [0.4, 0.5) is 5.13 Å². The molecule has 130 valence electrons. The molecule has 0 aliphatic carbocycles. The summed E-state index contributed by atoms with van der Waals surface area (Å²) in [6, 6.07) is 15.8.